The van der Waals surface area contributed by atoms with Crippen LogP contribution in [0.2, 0.25) is 0 Å². The molecule has 0 aliphatic carbocycles. The summed E-state index contributed by atoms with van der Waals surface area (Å²) in [6, 6.07) is 7.11. The minimum Gasteiger partial charge on any atom is -0.459 e. The van der Waals surface area contributed by atoms with Gasteiger partial charge in [-0.3, -0.25) is 9.59 Å². The van der Waals surface area contributed by atoms with E-state index in [1.165, 1.54) is 17.6 Å². The van der Waals surface area contributed by atoms with Gasteiger partial charge in [0, 0.05) is 17.8 Å². The molecular weight excluding hydrogens is 326 g/mol. The quantitative estimate of drug-likeness (QED) is 0.869. The Kier molecular flexibility index (Phi) is 5.42. The lowest BCUT2D eigenvalue weighted by Crippen LogP contribution is -2.27. The van der Waals surface area contributed by atoms with Gasteiger partial charge in [0.25, 0.3) is 5.91 Å². The molecule has 0 unspecified atom stereocenters. The fourth-order valence-corrected chi connectivity index (χ4v) is 2.90. The molecule has 0 saturated carbocycles. The Hall–Kier alpha value is -2.59. The molecule has 2 amide bonds. The molecule has 0 bridgehead atoms. The summed E-state index contributed by atoms with van der Waals surface area (Å²) in [6.07, 6.45) is 1.52. The summed E-state index contributed by atoms with van der Waals surface area (Å²) in [7, 11) is 0. The highest BCUT2D eigenvalue weighted by Crippen LogP contribution is 2.34. The van der Waals surface area contributed by atoms with Gasteiger partial charge in [0.2, 0.25) is 5.91 Å². The van der Waals surface area contributed by atoms with Crippen LogP contribution in [0.5, 0.6) is 0 Å². The van der Waals surface area contributed by atoms with Crippen LogP contribution in [0.4, 0.5) is 5.69 Å². The maximum Gasteiger partial charge on any atom is 0.286 e. The number of hydrogen-bond donors (Lipinski definition) is 2. The maximum absolute atomic E-state index is 12.0. The van der Waals surface area contributed by atoms with Gasteiger partial charge in [0.1, 0.15) is 10.9 Å². The molecule has 6 nitrogen and oxygen atoms in total. The van der Waals surface area contributed by atoms with Crippen molar-refractivity contribution in [1.82, 2.24) is 5.32 Å². The van der Waals surface area contributed by atoms with Crippen molar-refractivity contribution in [3.63, 3.8) is 0 Å². The summed E-state index contributed by atoms with van der Waals surface area (Å²) >= 11 is 1.38. The van der Waals surface area contributed by atoms with Gasteiger partial charge in [-0.25, -0.2) is 0 Å². The van der Waals surface area contributed by atoms with Crippen molar-refractivity contribution >= 4 is 28.8 Å². The van der Waals surface area contributed by atoms with E-state index < -0.39 is 0 Å². The molecule has 2 heterocycles. The molecule has 0 aromatic carbocycles. The first-order valence-electron chi connectivity index (χ1n) is 7.47. The molecule has 24 heavy (non-hydrogen) atoms. The normalized spacial score (nSPS) is 10.9. The number of furan rings is 1. The molecule has 0 atom stereocenters. The minimum absolute atomic E-state index is 0.0870. The van der Waals surface area contributed by atoms with Gasteiger partial charge in [-0.05, 0) is 23.6 Å². The molecular formula is C17H19N3O3S. The predicted octanol–water partition coefficient (Wildman–Crippen LogP) is 3.27. The Morgan fingerprint density at radius 1 is 1.38 bits per heavy atom. The highest BCUT2D eigenvalue weighted by molar-refractivity contribution is 7.13. The number of carbonyl (C=O) groups excluding carboxylic acids is 2. The maximum atomic E-state index is 12.0. The molecule has 0 fully saturated rings. The average Bonchev–Trinajstić information content (AvgIpc) is 3.15. The molecule has 0 aliphatic rings. The first-order valence-corrected chi connectivity index (χ1v) is 8.29. The molecule has 7 heteroatoms. The van der Waals surface area contributed by atoms with Gasteiger partial charge < -0.3 is 15.1 Å². The van der Waals surface area contributed by atoms with Crippen LogP contribution in [0.1, 0.15) is 47.5 Å². The largest absolute Gasteiger partial charge is 0.459 e. The lowest BCUT2D eigenvalue weighted by molar-refractivity contribution is -0.116. The lowest BCUT2D eigenvalue weighted by atomic mass is 9.94. The number of nitrogens with one attached hydrogen (secondary N) is 2. The summed E-state index contributed by atoms with van der Waals surface area (Å²) in [4.78, 5) is 25.2. The van der Waals surface area contributed by atoms with Gasteiger partial charge in [-0.1, -0.05) is 20.8 Å². The van der Waals surface area contributed by atoms with Crippen molar-refractivity contribution in [3.05, 3.63) is 40.0 Å². The Morgan fingerprint density at radius 2 is 2.12 bits per heavy atom. The second kappa shape index (κ2) is 7.32. The van der Waals surface area contributed by atoms with Crippen LogP contribution in [0, 0.1) is 11.3 Å². The smallest absolute Gasteiger partial charge is 0.286 e. The average molecular weight is 345 g/mol. The summed E-state index contributed by atoms with van der Waals surface area (Å²) < 4.78 is 4.97. The molecule has 2 aromatic heterocycles. The van der Waals surface area contributed by atoms with Gasteiger partial charge in [0.15, 0.2) is 5.76 Å². The third kappa shape index (κ3) is 4.46. The van der Waals surface area contributed by atoms with Crippen LogP contribution in [-0.2, 0) is 10.2 Å². The highest BCUT2D eigenvalue weighted by atomic mass is 32.1. The topological polar surface area (TPSA) is 95.1 Å². The Morgan fingerprint density at radius 3 is 2.71 bits per heavy atom. The van der Waals surface area contributed by atoms with Crippen LogP contribution in [-0.4, -0.2) is 18.4 Å². The van der Waals surface area contributed by atoms with Crippen molar-refractivity contribution in [2.75, 3.05) is 11.9 Å². The van der Waals surface area contributed by atoms with Crippen LogP contribution in [0.3, 0.4) is 0 Å². The molecule has 2 aromatic rings. The Labute approximate surface area is 144 Å². The van der Waals surface area contributed by atoms with Crippen LogP contribution >= 0.6 is 11.3 Å². The van der Waals surface area contributed by atoms with E-state index in [4.69, 9.17) is 4.42 Å². The van der Waals surface area contributed by atoms with Gasteiger partial charge in [-0.15, -0.1) is 11.3 Å². The van der Waals surface area contributed by atoms with Crippen LogP contribution < -0.4 is 10.6 Å². The van der Waals surface area contributed by atoms with E-state index in [9.17, 15) is 14.9 Å². The number of nitriles is 1. The summed E-state index contributed by atoms with van der Waals surface area (Å²) in [5.41, 5.74) is 0.436. The molecule has 2 rings (SSSR count). The highest BCUT2D eigenvalue weighted by Gasteiger charge is 2.20. The zero-order chi connectivity index (χ0) is 17.7. The molecule has 126 valence electrons. The molecule has 0 radical (unpaired) electrons. The lowest BCUT2D eigenvalue weighted by Gasteiger charge is -2.15. The third-order valence-electron chi connectivity index (χ3n) is 3.23. The number of anilines is 1. The SMILES string of the molecule is CC(C)(C)c1cc(NC(=O)CCNC(=O)c2ccco2)c(C#N)s1. The third-order valence-corrected chi connectivity index (χ3v) is 4.69. The molecule has 2 N–H and O–H groups in total. The number of thiophene rings is 1. The van der Waals surface area contributed by atoms with Crippen LogP contribution in [0.25, 0.3) is 0 Å². The summed E-state index contributed by atoms with van der Waals surface area (Å²) in [6.45, 7) is 6.34. The predicted molar refractivity (Wildman–Crippen MR) is 92.0 cm³/mol. The number of nitrogens with zero attached hydrogens (tertiary/aromatic N) is 1. The van der Waals surface area contributed by atoms with E-state index in [1.807, 2.05) is 6.07 Å². The van der Waals surface area contributed by atoms with E-state index in [2.05, 4.69) is 37.5 Å². The molecule has 0 saturated heterocycles. The van der Waals surface area contributed by atoms with Crippen molar-refractivity contribution in [2.45, 2.75) is 32.6 Å². The van der Waals surface area contributed by atoms with E-state index in [-0.39, 0.29) is 36.0 Å². The van der Waals surface area contributed by atoms with Gasteiger partial charge in [0.05, 0.1) is 12.0 Å². The monoisotopic (exact) mass is 345 g/mol. The number of rotatable bonds is 5. The Balaban J connectivity index is 1.90. The van der Waals surface area contributed by atoms with Gasteiger partial charge in [-0.2, -0.15) is 5.26 Å². The number of amides is 2. The summed E-state index contributed by atoms with van der Waals surface area (Å²) in [5.74, 6) is -0.421. The standard InChI is InChI=1S/C17H19N3O3S/c1-17(2,3)14-9-11(13(10-18)24-14)20-15(21)6-7-19-16(22)12-5-4-8-23-12/h4-5,8-9H,6-7H2,1-3H3,(H,19,22)(H,20,21). The molecule has 0 spiro atoms. The molecule has 0 aliphatic heterocycles. The first kappa shape index (κ1) is 17.8. The summed E-state index contributed by atoms with van der Waals surface area (Å²) in [5, 5.41) is 14.5. The van der Waals surface area contributed by atoms with Gasteiger partial charge >= 0.3 is 0 Å². The van der Waals surface area contributed by atoms with Crippen LogP contribution in [0.15, 0.2) is 28.9 Å². The van der Waals surface area contributed by atoms with Crippen molar-refractivity contribution < 1.29 is 14.0 Å². The first-order chi connectivity index (χ1) is 11.3. The zero-order valence-corrected chi connectivity index (χ0v) is 14.6. The fourth-order valence-electron chi connectivity index (χ4n) is 1.93. The second-order valence-corrected chi connectivity index (χ2v) is 7.30. The number of hydrogen-bond acceptors (Lipinski definition) is 5. The van der Waals surface area contributed by atoms with E-state index >= 15 is 0 Å². The van der Waals surface area contributed by atoms with E-state index in [0.717, 1.165) is 4.88 Å². The number of carbonyl (C=O) groups is 2. The van der Waals surface area contributed by atoms with Crippen molar-refractivity contribution in [3.8, 4) is 6.07 Å². The van der Waals surface area contributed by atoms with Crippen molar-refractivity contribution in [2.24, 2.45) is 0 Å². The Bertz CT molecular complexity index is 764. The van der Waals surface area contributed by atoms with Crippen molar-refractivity contribution in [1.29, 1.82) is 5.26 Å². The van der Waals surface area contributed by atoms with E-state index in [1.54, 1.807) is 12.1 Å². The van der Waals surface area contributed by atoms with E-state index in [0.29, 0.717) is 10.6 Å². The zero-order valence-electron chi connectivity index (χ0n) is 13.8. The second-order valence-electron chi connectivity index (χ2n) is 6.25. The fraction of sp³-hybridized carbons (Fsp3) is 0.353. The minimum atomic E-state index is -0.365.